The lowest BCUT2D eigenvalue weighted by Crippen LogP contribution is -2.41. The number of aromatic nitrogens is 1. The van der Waals surface area contributed by atoms with Crippen LogP contribution in [0.5, 0.6) is 0 Å². The summed E-state index contributed by atoms with van der Waals surface area (Å²) in [6.07, 6.45) is 0.520. The molecule has 1 aliphatic heterocycles. The summed E-state index contributed by atoms with van der Waals surface area (Å²) in [5, 5.41) is 8.13. The van der Waals surface area contributed by atoms with E-state index in [9.17, 15) is 4.79 Å². The first-order valence-electron chi connectivity index (χ1n) is 8.36. The monoisotopic (exact) mass is 431 g/mol. The molecule has 2 N–H and O–H groups in total. The molecule has 1 aromatic heterocycles. The minimum absolute atomic E-state index is 0. The first-order chi connectivity index (χ1) is 12.0. The molecule has 8 heteroatoms. The van der Waals surface area contributed by atoms with Crippen LogP contribution in [0.4, 0.5) is 0 Å². The standard InChI is InChI=1S/C18H22ClN3OS2.ClH/c1-11(21-16(23)9-15-10-24-8-7-20-15)18-22-17(12(2)25-18)13-3-5-14(19)6-4-13;/h3-6,11,15,20H,7-10H2,1-2H3,(H,21,23);1H. The van der Waals surface area contributed by atoms with Crippen molar-refractivity contribution in [1.29, 1.82) is 0 Å². The van der Waals surface area contributed by atoms with Crippen LogP contribution < -0.4 is 10.6 Å². The normalized spacial score (nSPS) is 18.0. The summed E-state index contributed by atoms with van der Waals surface area (Å²) >= 11 is 9.49. The summed E-state index contributed by atoms with van der Waals surface area (Å²) in [4.78, 5) is 18.2. The number of benzene rings is 1. The maximum absolute atomic E-state index is 12.3. The molecule has 4 nitrogen and oxygen atoms in total. The van der Waals surface area contributed by atoms with Gasteiger partial charge in [-0.05, 0) is 26.0 Å². The molecule has 2 heterocycles. The van der Waals surface area contributed by atoms with Gasteiger partial charge in [0.2, 0.25) is 5.91 Å². The van der Waals surface area contributed by atoms with Gasteiger partial charge in [-0.2, -0.15) is 11.8 Å². The zero-order chi connectivity index (χ0) is 17.8. The van der Waals surface area contributed by atoms with Crippen molar-refractivity contribution >= 4 is 53.0 Å². The van der Waals surface area contributed by atoms with Gasteiger partial charge in [0, 0.05) is 46.0 Å². The Kier molecular flexibility index (Phi) is 8.23. The third-order valence-corrected chi connectivity index (χ3v) is 6.65. The van der Waals surface area contributed by atoms with Crippen molar-refractivity contribution in [2.75, 3.05) is 18.1 Å². The van der Waals surface area contributed by atoms with E-state index in [4.69, 9.17) is 16.6 Å². The number of carbonyl (C=O) groups excluding carboxylic acids is 1. The van der Waals surface area contributed by atoms with Crippen molar-refractivity contribution < 1.29 is 4.79 Å². The summed E-state index contributed by atoms with van der Waals surface area (Å²) in [5.41, 5.74) is 2.01. The summed E-state index contributed by atoms with van der Waals surface area (Å²) in [7, 11) is 0. The lowest BCUT2D eigenvalue weighted by Gasteiger charge is -2.23. The van der Waals surface area contributed by atoms with Gasteiger partial charge in [0.15, 0.2) is 0 Å². The molecule has 1 saturated heterocycles. The van der Waals surface area contributed by atoms with Gasteiger partial charge in [-0.1, -0.05) is 23.7 Å². The Morgan fingerprint density at radius 1 is 1.42 bits per heavy atom. The first-order valence-corrected chi connectivity index (χ1v) is 10.7. The summed E-state index contributed by atoms with van der Waals surface area (Å²) in [6, 6.07) is 7.88. The van der Waals surface area contributed by atoms with Crippen LogP contribution in [0.1, 0.15) is 29.3 Å². The molecule has 1 fully saturated rings. The number of aryl methyl sites for hydroxylation is 1. The van der Waals surface area contributed by atoms with Crippen LogP contribution in [-0.2, 0) is 4.79 Å². The summed E-state index contributed by atoms with van der Waals surface area (Å²) < 4.78 is 0. The molecular formula is C18H23Cl2N3OS2. The zero-order valence-corrected chi connectivity index (χ0v) is 18.0. The molecule has 3 rings (SSSR count). The lowest BCUT2D eigenvalue weighted by molar-refractivity contribution is -0.122. The molecule has 0 radical (unpaired) electrons. The third kappa shape index (κ3) is 5.60. The highest BCUT2D eigenvalue weighted by molar-refractivity contribution is 7.99. The number of rotatable bonds is 5. The highest BCUT2D eigenvalue weighted by atomic mass is 35.5. The number of thioether (sulfide) groups is 1. The Morgan fingerprint density at radius 2 is 2.15 bits per heavy atom. The molecule has 2 unspecified atom stereocenters. The molecule has 0 saturated carbocycles. The second-order valence-corrected chi connectivity index (χ2v) is 9.00. The van der Waals surface area contributed by atoms with Gasteiger partial charge in [0.05, 0.1) is 11.7 Å². The second kappa shape index (κ2) is 9.95. The molecule has 0 bridgehead atoms. The Labute approximate surface area is 173 Å². The molecule has 1 aliphatic rings. The highest BCUT2D eigenvalue weighted by Gasteiger charge is 2.20. The maximum atomic E-state index is 12.3. The summed E-state index contributed by atoms with van der Waals surface area (Å²) in [5.74, 6) is 2.20. The lowest BCUT2D eigenvalue weighted by atomic mass is 10.1. The average Bonchev–Trinajstić information content (AvgIpc) is 2.98. The van der Waals surface area contributed by atoms with Gasteiger partial charge in [0.25, 0.3) is 0 Å². The van der Waals surface area contributed by atoms with Gasteiger partial charge in [-0.25, -0.2) is 4.98 Å². The predicted molar refractivity (Wildman–Crippen MR) is 115 cm³/mol. The average molecular weight is 432 g/mol. The van der Waals surface area contributed by atoms with Crippen molar-refractivity contribution in [3.05, 3.63) is 39.2 Å². The Bertz CT molecular complexity index is 731. The number of nitrogens with one attached hydrogen (secondary N) is 2. The minimum Gasteiger partial charge on any atom is -0.347 e. The quantitative estimate of drug-likeness (QED) is 0.732. The molecule has 0 aliphatic carbocycles. The van der Waals surface area contributed by atoms with Crippen LogP contribution in [0, 0.1) is 6.92 Å². The number of hydrogen-bond acceptors (Lipinski definition) is 5. The van der Waals surface area contributed by atoms with E-state index in [-0.39, 0.29) is 30.4 Å². The van der Waals surface area contributed by atoms with E-state index >= 15 is 0 Å². The van der Waals surface area contributed by atoms with Crippen molar-refractivity contribution in [3.8, 4) is 11.3 Å². The van der Waals surface area contributed by atoms with Gasteiger partial charge in [0.1, 0.15) is 5.01 Å². The van der Waals surface area contributed by atoms with Gasteiger partial charge in [-0.3, -0.25) is 4.79 Å². The van der Waals surface area contributed by atoms with E-state index in [0.29, 0.717) is 11.4 Å². The zero-order valence-electron chi connectivity index (χ0n) is 14.8. The van der Waals surface area contributed by atoms with Crippen LogP contribution in [0.15, 0.2) is 24.3 Å². The van der Waals surface area contributed by atoms with Crippen LogP contribution in [0.2, 0.25) is 5.02 Å². The highest BCUT2D eigenvalue weighted by Crippen LogP contribution is 2.31. The van der Waals surface area contributed by atoms with E-state index in [2.05, 4.69) is 17.6 Å². The van der Waals surface area contributed by atoms with E-state index in [1.165, 1.54) is 0 Å². The molecular weight excluding hydrogens is 409 g/mol. The van der Waals surface area contributed by atoms with Crippen molar-refractivity contribution in [2.45, 2.75) is 32.4 Å². The summed E-state index contributed by atoms with van der Waals surface area (Å²) in [6.45, 7) is 5.03. The number of carbonyl (C=O) groups is 1. The van der Waals surface area contributed by atoms with Crippen LogP contribution in [0.25, 0.3) is 11.3 Å². The fraction of sp³-hybridized carbons (Fsp3) is 0.444. The minimum atomic E-state index is -0.0894. The largest absolute Gasteiger partial charge is 0.347 e. The Balaban J connectivity index is 0.00000243. The number of halogens is 2. The first kappa shape index (κ1) is 21.5. The second-order valence-electron chi connectivity index (χ2n) is 6.18. The van der Waals surface area contributed by atoms with Crippen molar-refractivity contribution in [3.63, 3.8) is 0 Å². The predicted octanol–water partition coefficient (Wildman–Crippen LogP) is 4.47. The fourth-order valence-electron chi connectivity index (χ4n) is 2.81. The number of amides is 1. The van der Waals surface area contributed by atoms with Crippen molar-refractivity contribution in [2.24, 2.45) is 0 Å². The Hall–Kier alpha value is -0.790. The molecule has 1 amide bonds. The fourth-order valence-corrected chi connectivity index (χ4v) is 4.84. The Morgan fingerprint density at radius 3 is 2.81 bits per heavy atom. The van der Waals surface area contributed by atoms with Gasteiger partial charge in [-0.15, -0.1) is 23.7 Å². The molecule has 2 aromatic rings. The number of thiazole rings is 1. The van der Waals surface area contributed by atoms with Gasteiger partial charge < -0.3 is 10.6 Å². The smallest absolute Gasteiger partial charge is 0.222 e. The van der Waals surface area contributed by atoms with E-state index in [0.717, 1.165) is 39.2 Å². The third-order valence-electron chi connectivity index (χ3n) is 4.11. The molecule has 26 heavy (non-hydrogen) atoms. The van der Waals surface area contributed by atoms with Crippen LogP contribution in [-0.4, -0.2) is 35.0 Å². The number of hydrogen-bond donors (Lipinski definition) is 2. The maximum Gasteiger partial charge on any atom is 0.222 e. The van der Waals surface area contributed by atoms with E-state index < -0.39 is 0 Å². The molecule has 1 aromatic carbocycles. The van der Waals surface area contributed by atoms with Crippen molar-refractivity contribution in [1.82, 2.24) is 15.6 Å². The van der Waals surface area contributed by atoms with Gasteiger partial charge >= 0.3 is 0 Å². The van der Waals surface area contributed by atoms with E-state index in [1.54, 1.807) is 11.3 Å². The molecule has 2 atom stereocenters. The molecule has 0 spiro atoms. The SMILES string of the molecule is Cc1sc(C(C)NC(=O)CC2CSCCN2)nc1-c1ccc(Cl)cc1.Cl. The molecule has 142 valence electrons. The van der Waals surface area contributed by atoms with Crippen LogP contribution in [0.3, 0.4) is 0 Å². The van der Waals surface area contributed by atoms with Crippen LogP contribution >= 0.6 is 47.1 Å². The topological polar surface area (TPSA) is 54.0 Å². The number of nitrogens with zero attached hydrogens (tertiary/aromatic N) is 1. The van der Waals surface area contributed by atoms with E-state index in [1.807, 2.05) is 43.0 Å².